The van der Waals surface area contributed by atoms with Gasteiger partial charge in [0.25, 0.3) is 10.0 Å². The highest BCUT2D eigenvalue weighted by atomic mass is 32.2. The van der Waals surface area contributed by atoms with Crippen molar-refractivity contribution < 1.29 is 13.2 Å². The number of anilines is 1. The molecule has 116 valence electrons. The van der Waals surface area contributed by atoms with Crippen LogP contribution in [0.4, 0.5) is 10.7 Å². The molecule has 0 unspecified atom stereocenters. The van der Waals surface area contributed by atoms with Crippen molar-refractivity contribution in [3.63, 3.8) is 0 Å². The molecule has 0 saturated carbocycles. The van der Waals surface area contributed by atoms with E-state index in [1.54, 1.807) is 32.0 Å². The second kappa shape index (κ2) is 6.10. The number of amides is 2. The molecule has 8 heteroatoms. The highest BCUT2D eigenvalue weighted by Crippen LogP contribution is 2.10. The molecule has 0 atom stereocenters. The first kappa shape index (κ1) is 15.9. The van der Waals surface area contributed by atoms with Crippen LogP contribution in [0.15, 0.2) is 35.2 Å². The van der Waals surface area contributed by atoms with Gasteiger partial charge in [0.1, 0.15) is 0 Å². The summed E-state index contributed by atoms with van der Waals surface area (Å²) in [4.78, 5) is 19.8. The summed E-state index contributed by atoms with van der Waals surface area (Å²) in [6, 6.07) is 6.99. The second-order valence-electron chi connectivity index (χ2n) is 4.85. The standard InChI is InChI=1S/C14H16N4O3S/c1-9-4-6-12(7-5-9)22(20,21)18-14(19)17-13-15-10(2)8-11(3)16-13/h4-8H,1-3H3,(H2,15,16,17,18,19). The molecule has 1 aromatic heterocycles. The Kier molecular flexibility index (Phi) is 4.41. The number of aryl methyl sites for hydroxylation is 3. The van der Waals surface area contributed by atoms with Crippen molar-refractivity contribution in [2.45, 2.75) is 25.7 Å². The number of urea groups is 1. The van der Waals surface area contributed by atoms with Gasteiger partial charge in [0.15, 0.2) is 0 Å². The number of nitrogens with zero attached hydrogens (tertiary/aromatic N) is 2. The van der Waals surface area contributed by atoms with Gasteiger partial charge >= 0.3 is 6.03 Å². The minimum absolute atomic E-state index is 0.00888. The predicted octanol–water partition coefficient (Wildman–Crippen LogP) is 1.91. The van der Waals surface area contributed by atoms with E-state index < -0.39 is 16.1 Å². The van der Waals surface area contributed by atoms with Gasteiger partial charge in [0.2, 0.25) is 5.95 Å². The van der Waals surface area contributed by atoms with Crippen molar-refractivity contribution in [2.75, 3.05) is 5.32 Å². The van der Waals surface area contributed by atoms with E-state index in [0.717, 1.165) is 5.56 Å². The number of carbonyl (C=O) groups is 1. The molecule has 2 amide bonds. The van der Waals surface area contributed by atoms with Gasteiger partial charge in [-0.25, -0.2) is 27.9 Å². The summed E-state index contributed by atoms with van der Waals surface area (Å²) in [5.41, 5.74) is 2.26. The Bertz CT molecular complexity index is 781. The van der Waals surface area contributed by atoms with Gasteiger partial charge in [-0.2, -0.15) is 0 Å². The van der Waals surface area contributed by atoms with Gasteiger partial charge in [0.05, 0.1) is 4.90 Å². The Morgan fingerprint density at radius 2 is 1.55 bits per heavy atom. The van der Waals surface area contributed by atoms with Crippen LogP contribution in [0.5, 0.6) is 0 Å². The fourth-order valence-corrected chi connectivity index (χ4v) is 2.71. The van der Waals surface area contributed by atoms with E-state index in [9.17, 15) is 13.2 Å². The molecule has 0 aliphatic rings. The van der Waals surface area contributed by atoms with Gasteiger partial charge in [0, 0.05) is 11.4 Å². The van der Waals surface area contributed by atoms with Crippen molar-refractivity contribution in [1.82, 2.24) is 14.7 Å². The number of hydrogen-bond acceptors (Lipinski definition) is 5. The minimum Gasteiger partial charge on any atom is -0.275 e. The third-order valence-electron chi connectivity index (χ3n) is 2.77. The fourth-order valence-electron chi connectivity index (χ4n) is 1.81. The van der Waals surface area contributed by atoms with Gasteiger partial charge in [-0.15, -0.1) is 0 Å². The summed E-state index contributed by atoms with van der Waals surface area (Å²) in [6.07, 6.45) is 0. The summed E-state index contributed by atoms with van der Waals surface area (Å²) >= 11 is 0. The van der Waals surface area contributed by atoms with E-state index in [0.29, 0.717) is 11.4 Å². The van der Waals surface area contributed by atoms with E-state index in [1.807, 2.05) is 11.6 Å². The smallest absolute Gasteiger partial charge is 0.275 e. The van der Waals surface area contributed by atoms with Crippen LogP contribution < -0.4 is 10.0 Å². The first-order valence-electron chi connectivity index (χ1n) is 6.49. The predicted molar refractivity (Wildman–Crippen MR) is 82.0 cm³/mol. The molecule has 2 rings (SSSR count). The number of aromatic nitrogens is 2. The minimum atomic E-state index is -3.93. The number of rotatable bonds is 3. The van der Waals surface area contributed by atoms with Crippen LogP contribution in [0.1, 0.15) is 17.0 Å². The molecule has 0 bridgehead atoms. The van der Waals surface area contributed by atoms with Crippen LogP contribution in [0.25, 0.3) is 0 Å². The Labute approximate surface area is 128 Å². The van der Waals surface area contributed by atoms with Crippen LogP contribution in [-0.4, -0.2) is 24.4 Å². The topological polar surface area (TPSA) is 101 Å². The highest BCUT2D eigenvalue weighted by Gasteiger charge is 2.18. The molecule has 2 aromatic rings. The number of hydrogen-bond donors (Lipinski definition) is 2. The lowest BCUT2D eigenvalue weighted by Gasteiger charge is -2.08. The average Bonchev–Trinajstić information content (AvgIpc) is 2.36. The molecule has 22 heavy (non-hydrogen) atoms. The molecule has 0 fully saturated rings. The van der Waals surface area contributed by atoms with Crippen LogP contribution in [-0.2, 0) is 10.0 Å². The van der Waals surface area contributed by atoms with E-state index in [1.165, 1.54) is 12.1 Å². The van der Waals surface area contributed by atoms with Crippen molar-refractivity contribution in [2.24, 2.45) is 0 Å². The molecular formula is C14H16N4O3S. The first-order chi connectivity index (χ1) is 10.3. The van der Waals surface area contributed by atoms with Crippen LogP contribution in [0.3, 0.4) is 0 Å². The third-order valence-corrected chi connectivity index (χ3v) is 4.11. The molecule has 0 saturated heterocycles. The van der Waals surface area contributed by atoms with Crippen LogP contribution in [0.2, 0.25) is 0 Å². The Balaban J connectivity index is 2.12. The van der Waals surface area contributed by atoms with Gasteiger partial charge < -0.3 is 0 Å². The number of sulfonamides is 1. The largest absolute Gasteiger partial charge is 0.335 e. The maximum Gasteiger partial charge on any atom is 0.335 e. The van der Waals surface area contributed by atoms with Crippen molar-refractivity contribution in [1.29, 1.82) is 0 Å². The SMILES string of the molecule is Cc1ccc(S(=O)(=O)NC(=O)Nc2nc(C)cc(C)n2)cc1. The summed E-state index contributed by atoms with van der Waals surface area (Å²) in [5.74, 6) is 0.0501. The molecule has 0 aliphatic carbocycles. The zero-order valence-corrected chi connectivity index (χ0v) is 13.2. The van der Waals surface area contributed by atoms with E-state index in [-0.39, 0.29) is 10.8 Å². The van der Waals surface area contributed by atoms with Crippen molar-refractivity contribution in [3.8, 4) is 0 Å². The lowest BCUT2D eigenvalue weighted by Crippen LogP contribution is -2.35. The van der Waals surface area contributed by atoms with E-state index in [4.69, 9.17) is 0 Å². The molecule has 0 aliphatic heterocycles. The maximum atomic E-state index is 12.1. The second-order valence-corrected chi connectivity index (χ2v) is 6.53. The molecule has 7 nitrogen and oxygen atoms in total. The molecule has 2 N–H and O–H groups in total. The third kappa shape index (κ3) is 4.01. The van der Waals surface area contributed by atoms with Crippen molar-refractivity contribution >= 4 is 22.0 Å². The summed E-state index contributed by atoms with van der Waals surface area (Å²) in [5, 5.41) is 2.31. The zero-order chi connectivity index (χ0) is 16.3. The quantitative estimate of drug-likeness (QED) is 0.899. The Morgan fingerprint density at radius 3 is 2.09 bits per heavy atom. The van der Waals surface area contributed by atoms with Crippen LogP contribution >= 0.6 is 0 Å². The molecule has 0 radical (unpaired) electrons. The lowest BCUT2D eigenvalue weighted by atomic mass is 10.2. The fraction of sp³-hybridized carbons (Fsp3) is 0.214. The summed E-state index contributed by atoms with van der Waals surface area (Å²) < 4.78 is 26.1. The van der Waals surface area contributed by atoms with Gasteiger partial charge in [-0.05, 0) is 39.0 Å². The van der Waals surface area contributed by atoms with Gasteiger partial charge in [-0.1, -0.05) is 17.7 Å². The van der Waals surface area contributed by atoms with E-state index >= 15 is 0 Å². The number of carbonyl (C=O) groups excluding carboxylic acids is 1. The highest BCUT2D eigenvalue weighted by molar-refractivity contribution is 7.90. The maximum absolute atomic E-state index is 12.1. The monoisotopic (exact) mass is 320 g/mol. The Hall–Kier alpha value is -2.48. The lowest BCUT2D eigenvalue weighted by molar-refractivity contribution is 0.256. The van der Waals surface area contributed by atoms with Crippen molar-refractivity contribution in [3.05, 3.63) is 47.3 Å². The normalized spacial score (nSPS) is 11.0. The Morgan fingerprint density at radius 1 is 1.00 bits per heavy atom. The number of benzene rings is 1. The van der Waals surface area contributed by atoms with Gasteiger partial charge in [-0.3, -0.25) is 5.32 Å². The average molecular weight is 320 g/mol. The molecule has 1 heterocycles. The van der Waals surface area contributed by atoms with Crippen LogP contribution in [0, 0.1) is 20.8 Å². The summed E-state index contributed by atoms with van der Waals surface area (Å²) in [7, 11) is -3.93. The molecular weight excluding hydrogens is 304 g/mol. The first-order valence-corrected chi connectivity index (χ1v) is 7.97. The molecule has 0 spiro atoms. The number of nitrogens with one attached hydrogen (secondary N) is 2. The summed E-state index contributed by atoms with van der Waals surface area (Å²) in [6.45, 7) is 5.34. The zero-order valence-electron chi connectivity index (χ0n) is 12.4. The van der Waals surface area contributed by atoms with E-state index in [2.05, 4.69) is 15.3 Å². The molecule has 1 aromatic carbocycles.